The molecule has 2 unspecified atom stereocenters. The minimum Gasteiger partial charge on any atom is -0.484 e. The second-order valence-electron chi connectivity index (χ2n) is 5.35. The van der Waals surface area contributed by atoms with Crippen molar-refractivity contribution >= 4 is 5.91 Å². The fourth-order valence-electron chi connectivity index (χ4n) is 2.02. The number of amides is 1. The molecule has 0 aromatic heterocycles. The summed E-state index contributed by atoms with van der Waals surface area (Å²) >= 11 is 0. The van der Waals surface area contributed by atoms with Crippen LogP contribution in [-0.2, 0) is 11.3 Å². The molecular formula is C16H26N2O2. The molecule has 0 saturated carbocycles. The molecule has 1 aromatic carbocycles. The van der Waals surface area contributed by atoms with Gasteiger partial charge < -0.3 is 15.8 Å². The van der Waals surface area contributed by atoms with E-state index in [1.54, 1.807) is 0 Å². The van der Waals surface area contributed by atoms with Gasteiger partial charge in [0.15, 0.2) is 6.61 Å². The number of benzene rings is 1. The summed E-state index contributed by atoms with van der Waals surface area (Å²) in [6, 6.07) is 7.65. The Morgan fingerprint density at radius 1 is 1.30 bits per heavy atom. The molecule has 0 spiro atoms. The quantitative estimate of drug-likeness (QED) is 0.767. The molecule has 0 aliphatic carbocycles. The fourth-order valence-corrected chi connectivity index (χ4v) is 2.02. The van der Waals surface area contributed by atoms with E-state index in [4.69, 9.17) is 10.5 Å². The Bertz CT molecular complexity index is 403. The number of carbonyl (C=O) groups is 1. The third-order valence-corrected chi connectivity index (χ3v) is 3.39. The van der Waals surface area contributed by atoms with E-state index in [1.807, 2.05) is 31.2 Å². The summed E-state index contributed by atoms with van der Waals surface area (Å²) in [7, 11) is 0. The summed E-state index contributed by atoms with van der Waals surface area (Å²) in [6.07, 6.45) is 2.12. The smallest absolute Gasteiger partial charge is 0.258 e. The molecule has 0 aliphatic rings. The number of nitrogens with one attached hydrogen (secondary N) is 1. The maximum Gasteiger partial charge on any atom is 0.258 e. The van der Waals surface area contributed by atoms with Gasteiger partial charge in [-0.15, -0.1) is 0 Å². The van der Waals surface area contributed by atoms with Crippen LogP contribution in [0, 0.1) is 5.92 Å². The lowest BCUT2D eigenvalue weighted by Gasteiger charge is -2.17. The first-order chi connectivity index (χ1) is 9.55. The zero-order valence-electron chi connectivity index (χ0n) is 12.7. The molecule has 20 heavy (non-hydrogen) atoms. The first-order valence-electron chi connectivity index (χ1n) is 7.26. The molecule has 4 nitrogen and oxygen atoms in total. The van der Waals surface area contributed by atoms with E-state index < -0.39 is 0 Å². The number of rotatable bonds is 8. The first kappa shape index (κ1) is 16.5. The first-order valence-corrected chi connectivity index (χ1v) is 7.26. The Morgan fingerprint density at radius 2 is 1.95 bits per heavy atom. The molecule has 1 amide bonds. The number of hydrogen-bond donors (Lipinski definition) is 2. The van der Waals surface area contributed by atoms with Gasteiger partial charge in [-0.05, 0) is 37.0 Å². The summed E-state index contributed by atoms with van der Waals surface area (Å²) in [4.78, 5) is 11.8. The number of carbonyl (C=O) groups excluding carboxylic acids is 1. The second-order valence-corrected chi connectivity index (χ2v) is 5.35. The van der Waals surface area contributed by atoms with Crippen molar-refractivity contribution in [3.05, 3.63) is 29.8 Å². The summed E-state index contributed by atoms with van der Waals surface area (Å²) in [6.45, 7) is 6.94. The monoisotopic (exact) mass is 278 g/mol. The summed E-state index contributed by atoms with van der Waals surface area (Å²) in [5.74, 6) is 1.23. The largest absolute Gasteiger partial charge is 0.484 e. The van der Waals surface area contributed by atoms with Gasteiger partial charge in [0.05, 0.1) is 0 Å². The average molecular weight is 278 g/mol. The van der Waals surface area contributed by atoms with E-state index in [0.717, 1.165) is 18.4 Å². The highest BCUT2D eigenvalue weighted by Gasteiger charge is 2.10. The second kappa shape index (κ2) is 8.59. The molecule has 0 saturated heterocycles. The van der Waals surface area contributed by atoms with Crippen molar-refractivity contribution in [2.24, 2.45) is 11.7 Å². The van der Waals surface area contributed by atoms with Gasteiger partial charge in [0.1, 0.15) is 5.75 Å². The molecule has 0 radical (unpaired) electrons. The van der Waals surface area contributed by atoms with Crippen molar-refractivity contribution in [2.45, 2.75) is 46.2 Å². The van der Waals surface area contributed by atoms with Crippen LogP contribution in [0.4, 0.5) is 0 Å². The molecule has 0 aliphatic heterocycles. The van der Waals surface area contributed by atoms with Gasteiger partial charge >= 0.3 is 0 Å². The lowest BCUT2D eigenvalue weighted by atomic mass is 10.0. The Hall–Kier alpha value is -1.55. The Morgan fingerprint density at radius 3 is 2.50 bits per heavy atom. The van der Waals surface area contributed by atoms with E-state index in [9.17, 15) is 4.79 Å². The van der Waals surface area contributed by atoms with Gasteiger partial charge in [-0.2, -0.15) is 0 Å². The Balaban J connectivity index is 2.31. The molecule has 0 bridgehead atoms. The van der Waals surface area contributed by atoms with Gasteiger partial charge in [-0.3, -0.25) is 4.79 Å². The number of ether oxygens (including phenoxy) is 1. The van der Waals surface area contributed by atoms with Crippen LogP contribution in [0.5, 0.6) is 5.75 Å². The van der Waals surface area contributed by atoms with Crippen LogP contribution in [0.1, 0.15) is 39.2 Å². The highest BCUT2D eigenvalue weighted by Crippen LogP contribution is 2.12. The maximum absolute atomic E-state index is 11.8. The minimum absolute atomic E-state index is 0.0484. The molecular weight excluding hydrogens is 252 g/mol. The molecule has 4 heteroatoms. The highest BCUT2D eigenvalue weighted by molar-refractivity contribution is 5.77. The van der Waals surface area contributed by atoms with Crippen molar-refractivity contribution in [1.29, 1.82) is 0 Å². The molecule has 112 valence electrons. The van der Waals surface area contributed by atoms with Crippen LogP contribution in [-0.4, -0.2) is 18.6 Å². The normalized spacial score (nSPS) is 13.6. The maximum atomic E-state index is 11.8. The number of hydrogen-bond acceptors (Lipinski definition) is 3. The Labute approximate surface area is 121 Å². The van der Waals surface area contributed by atoms with Crippen molar-refractivity contribution in [3.8, 4) is 5.75 Å². The van der Waals surface area contributed by atoms with Crippen molar-refractivity contribution in [2.75, 3.05) is 6.61 Å². The SMILES string of the molecule is CCC(C)CC(C)NC(=O)COc1ccc(CN)cc1. The van der Waals surface area contributed by atoms with E-state index in [0.29, 0.717) is 18.2 Å². The zero-order valence-corrected chi connectivity index (χ0v) is 12.7. The van der Waals surface area contributed by atoms with E-state index in [1.165, 1.54) is 0 Å². The van der Waals surface area contributed by atoms with Crippen molar-refractivity contribution < 1.29 is 9.53 Å². The van der Waals surface area contributed by atoms with Crippen LogP contribution in [0.15, 0.2) is 24.3 Å². The van der Waals surface area contributed by atoms with Gasteiger partial charge in [-0.1, -0.05) is 32.4 Å². The Kier molecular flexibility index (Phi) is 7.09. The topological polar surface area (TPSA) is 64.3 Å². The summed E-state index contributed by atoms with van der Waals surface area (Å²) in [5.41, 5.74) is 6.57. The lowest BCUT2D eigenvalue weighted by molar-refractivity contribution is -0.123. The van der Waals surface area contributed by atoms with Crippen LogP contribution in [0.25, 0.3) is 0 Å². The van der Waals surface area contributed by atoms with E-state index >= 15 is 0 Å². The molecule has 3 N–H and O–H groups in total. The van der Waals surface area contributed by atoms with Gasteiger partial charge in [0.2, 0.25) is 0 Å². The zero-order chi connectivity index (χ0) is 15.0. The third kappa shape index (κ3) is 6.06. The third-order valence-electron chi connectivity index (χ3n) is 3.39. The van der Waals surface area contributed by atoms with Crippen LogP contribution in [0.2, 0.25) is 0 Å². The van der Waals surface area contributed by atoms with Gasteiger partial charge in [-0.25, -0.2) is 0 Å². The molecule has 1 aromatic rings. The molecule has 2 atom stereocenters. The highest BCUT2D eigenvalue weighted by atomic mass is 16.5. The van der Waals surface area contributed by atoms with Crippen LogP contribution >= 0.6 is 0 Å². The van der Waals surface area contributed by atoms with Crippen molar-refractivity contribution in [3.63, 3.8) is 0 Å². The number of nitrogens with two attached hydrogens (primary N) is 1. The van der Waals surface area contributed by atoms with Gasteiger partial charge in [0.25, 0.3) is 5.91 Å². The fraction of sp³-hybridized carbons (Fsp3) is 0.562. The molecule has 1 rings (SSSR count). The molecule has 0 heterocycles. The van der Waals surface area contributed by atoms with Crippen LogP contribution in [0.3, 0.4) is 0 Å². The summed E-state index contributed by atoms with van der Waals surface area (Å²) in [5, 5.41) is 2.95. The van der Waals surface area contributed by atoms with Crippen LogP contribution < -0.4 is 15.8 Å². The molecule has 0 fully saturated rings. The predicted octanol–water partition coefficient (Wildman–Crippen LogP) is 2.46. The van der Waals surface area contributed by atoms with Crippen molar-refractivity contribution in [1.82, 2.24) is 5.32 Å². The van der Waals surface area contributed by atoms with E-state index in [2.05, 4.69) is 19.2 Å². The minimum atomic E-state index is -0.0799. The lowest BCUT2D eigenvalue weighted by Crippen LogP contribution is -2.36. The standard InChI is InChI=1S/C16H26N2O2/c1-4-12(2)9-13(3)18-16(19)11-20-15-7-5-14(10-17)6-8-15/h5-8,12-13H,4,9-11,17H2,1-3H3,(H,18,19). The average Bonchev–Trinajstić information content (AvgIpc) is 2.45. The van der Waals surface area contributed by atoms with E-state index in [-0.39, 0.29) is 18.6 Å². The van der Waals surface area contributed by atoms with Gasteiger partial charge in [0, 0.05) is 12.6 Å². The predicted molar refractivity (Wildman–Crippen MR) is 81.5 cm³/mol. The summed E-state index contributed by atoms with van der Waals surface area (Å²) < 4.78 is 5.45.